The lowest BCUT2D eigenvalue weighted by molar-refractivity contribution is 0.0597. The Balaban J connectivity index is 0.000000139. The van der Waals surface area contributed by atoms with Gasteiger partial charge in [0.15, 0.2) is 0 Å². The van der Waals surface area contributed by atoms with Gasteiger partial charge in [-0.3, -0.25) is 0 Å². The Morgan fingerprint density at radius 1 is 0.833 bits per heavy atom. The standard InChI is InChI=1S/C13H12O2S.C10H7BrO2S.C3H7BO2/c1-15-13(14)12-7-10-6-9(8-2-3-8)4-5-11(10)16-12;1-13-10(12)9-5-6-4-7(11)2-3-8(6)14-9;5-4(6)3-1-2-3/h4-8H,2-3H2,1H3;2-5H,1H3;3,5-6H,1-2H2. The van der Waals surface area contributed by atoms with Crippen molar-refractivity contribution >= 4 is 77.8 Å². The third kappa shape index (κ3) is 6.95. The Labute approximate surface area is 226 Å². The summed E-state index contributed by atoms with van der Waals surface area (Å²) in [6, 6.07) is 16.2. The van der Waals surface area contributed by atoms with Gasteiger partial charge in [-0.1, -0.05) is 40.9 Å². The van der Waals surface area contributed by atoms with Crippen molar-refractivity contribution in [1.29, 1.82) is 0 Å². The number of esters is 2. The molecular formula is C26H26BBrO6S2. The maximum atomic E-state index is 11.4. The van der Waals surface area contributed by atoms with E-state index < -0.39 is 7.12 Å². The van der Waals surface area contributed by atoms with Crippen LogP contribution in [0.2, 0.25) is 5.82 Å². The van der Waals surface area contributed by atoms with Crippen LogP contribution in [0.25, 0.3) is 20.2 Å². The Hall–Kier alpha value is -2.24. The molecule has 2 fully saturated rings. The SMILES string of the molecule is COC(=O)c1cc2cc(Br)ccc2s1.COC(=O)c1cc2cc(C3CC3)ccc2s1.OB(O)C1CC1. The van der Waals surface area contributed by atoms with Crippen LogP contribution in [-0.4, -0.2) is 43.3 Å². The molecule has 2 aliphatic carbocycles. The van der Waals surface area contributed by atoms with E-state index >= 15 is 0 Å². The summed E-state index contributed by atoms with van der Waals surface area (Å²) in [5, 5.41) is 18.7. The number of thiophene rings is 2. The molecule has 2 heterocycles. The van der Waals surface area contributed by atoms with Crippen LogP contribution in [0.15, 0.2) is 53.0 Å². The molecule has 6 rings (SSSR count). The van der Waals surface area contributed by atoms with E-state index in [0.29, 0.717) is 9.75 Å². The lowest BCUT2D eigenvalue weighted by Gasteiger charge is -1.96. The topological polar surface area (TPSA) is 93.1 Å². The van der Waals surface area contributed by atoms with E-state index in [1.807, 2.05) is 30.3 Å². The summed E-state index contributed by atoms with van der Waals surface area (Å²) in [4.78, 5) is 24.0. The molecule has 2 aliphatic rings. The number of hydrogen-bond acceptors (Lipinski definition) is 8. The molecule has 36 heavy (non-hydrogen) atoms. The van der Waals surface area contributed by atoms with Crippen LogP contribution < -0.4 is 0 Å². The van der Waals surface area contributed by atoms with Crippen molar-refractivity contribution in [1.82, 2.24) is 0 Å². The molecule has 0 bridgehead atoms. The molecular weight excluding hydrogens is 563 g/mol. The first-order chi connectivity index (χ1) is 17.3. The molecule has 10 heteroatoms. The average molecular weight is 589 g/mol. The van der Waals surface area contributed by atoms with Crippen LogP contribution in [-0.2, 0) is 9.47 Å². The number of carbonyl (C=O) groups excluding carboxylic acids is 2. The molecule has 4 aromatic rings. The Morgan fingerprint density at radius 3 is 1.81 bits per heavy atom. The van der Waals surface area contributed by atoms with Gasteiger partial charge < -0.3 is 19.5 Å². The van der Waals surface area contributed by atoms with Crippen LogP contribution in [0, 0.1) is 0 Å². The van der Waals surface area contributed by atoms with Crippen LogP contribution in [0.4, 0.5) is 0 Å². The minimum absolute atomic E-state index is 0.213. The van der Waals surface area contributed by atoms with Crippen molar-refractivity contribution in [3.8, 4) is 0 Å². The number of carbonyl (C=O) groups is 2. The highest BCUT2D eigenvalue weighted by Crippen LogP contribution is 2.41. The van der Waals surface area contributed by atoms with Gasteiger partial charge >= 0.3 is 19.1 Å². The first-order valence-electron chi connectivity index (χ1n) is 11.5. The predicted octanol–water partition coefficient (Wildman–Crippen LogP) is 6.64. The quantitative estimate of drug-likeness (QED) is 0.205. The molecule has 2 aromatic carbocycles. The van der Waals surface area contributed by atoms with Gasteiger partial charge in [-0.2, -0.15) is 0 Å². The summed E-state index contributed by atoms with van der Waals surface area (Å²) in [5.41, 5.74) is 1.40. The van der Waals surface area contributed by atoms with E-state index in [9.17, 15) is 9.59 Å². The fraction of sp³-hybridized carbons (Fsp3) is 0.308. The summed E-state index contributed by atoms with van der Waals surface area (Å²) in [6.07, 6.45) is 4.61. The van der Waals surface area contributed by atoms with Crippen molar-refractivity contribution < 1.29 is 29.1 Å². The third-order valence-electron chi connectivity index (χ3n) is 5.88. The van der Waals surface area contributed by atoms with Crippen molar-refractivity contribution in [3.63, 3.8) is 0 Å². The van der Waals surface area contributed by atoms with Crippen LogP contribution in [0.3, 0.4) is 0 Å². The molecule has 0 amide bonds. The van der Waals surface area contributed by atoms with Gasteiger partial charge in [-0.05, 0) is 77.3 Å². The largest absolute Gasteiger partial charge is 0.465 e. The first kappa shape index (κ1) is 26.8. The van der Waals surface area contributed by atoms with Crippen LogP contribution in [0.5, 0.6) is 0 Å². The van der Waals surface area contributed by atoms with Gasteiger partial charge in [0.05, 0.1) is 14.2 Å². The Morgan fingerprint density at radius 2 is 1.36 bits per heavy atom. The number of methoxy groups -OCH3 is 2. The first-order valence-corrected chi connectivity index (χ1v) is 14.0. The number of hydrogen-bond donors (Lipinski definition) is 2. The Bertz CT molecular complexity index is 1370. The smallest absolute Gasteiger partial charge is 0.454 e. The van der Waals surface area contributed by atoms with E-state index in [-0.39, 0.29) is 17.8 Å². The number of benzene rings is 2. The average Bonchev–Trinajstić information content (AvgIpc) is 3.81. The summed E-state index contributed by atoms with van der Waals surface area (Å²) in [5.74, 6) is 0.451. The molecule has 0 radical (unpaired) electrons. The predicted molar refractivity (Wildman–Crippen MR) is 149 cm³/mol. The number of fused-ring (bicyclic) bond motifs is 2. The van der Waals surface area contributed by atoms with Crippen molar-refractivity contribution in [2.75, 3.05) is 14.2 Å². The fourth-order valence-corrected chi connectivity index (χ4v) is 5.84. The zero-order valence-corrected chi connectivity index (χ0v) is 23.1. The zero-order valence-electron chi connectivity index (χ0n) is 19.9. The van der Waals surface area contributed by atoms with E-state index in [1.54, 1.807) is 0 Å². The van der Waals surface area contributed by atoms with E-state index in [4.69, 9.17) is 14.8 Å². The lowest BCUT2D eigenvalue weighted by atomic mass is 9.84. The monoisotopic (exact) mass is 588 g/mol. The third-order valence-corrected chi connectivity index (χ3v) is 8.57. The highest BCUT2D eigenvalue weighted by molar-refractivity contribution is 9.10. The fourth-order valence-electron chi connectivity index (χ4n) is 3.54. The lowest BCUT2D eigenvalue weighted by Crippen LogP contribution is -2.09. The van der Waals surface area contributed by atoms with Gasteiger partial charge in [0.2, 0.25) is 0 Å². The van der Waals surface area contributed by atoms with Gasteiger partial charge in [0.1, 0.15) is 9.75 Å². The maximum Gasteiger partial charge on any atom is 0.454 e. The molecule has 0 aliphatic heterocycles. The van der Waals surface area contributed by atoms with Crippen molar-refractivity contribution in [2.24, 2.45) is 0 Å². The van der Waals surface area contributed by atoms with Crippen LogP contribution >= 0.6 is 38.6 Å². The summed E-state index contributed by atoms with van der Waals surface area (Å²) in [6.45, 7) is 0. The normalized spacial score (nSPS) is 14.4. The second kappa shape index (κ2) is 11.9. The van der Waals surface area contributed by atoms with Gasteiger partial charge in [0.25, 0.3) is 0 Å². The van der Waals surface area contributed by atoms with Crippen molar-refractivity contribution in [3.05, 3.63) is 68.3 Å². The van der Waals surface area contributed by atoms with Crippen molar-refractivity contribution in [2.45, 2.75) is 37.4 Å². The maximum absolute atomic E-state index is 11.4. The number of ether oxygens (including phenoxy) is 2. The van der Waals surface area contributed by atoms with E-state index in [0.717, 1.165) is 43.4 Å². The molecule has 2 N–H and O–H groups in total. The van der Waals surface area contributed by atoms with Gasteiger partial charge in [-0.15, -0.1) is 22.7 Å². The molecule has 0 unspecified atom stereocenters. The molecule has 2 aromatic heterocycles. The van der Waals surface area contributed by atoms with E-state index in [2.05, 4.69) is 38.9 Å². The second-order valence-electron chi connectivity index (χ2n) is 8.71. The Kier molecular flexibility index (Phi) is 8.85. The highest BCUT2D eigenvalue weighted by Gasteiger charge is 2.33. The number of rotatable bonds is 4. The van der Waals surface area contributed by atoms with Gasteiger partial charge in [0, 0.05) is 13.9 Å². The van der Waals surface area contributed by atoms with E-state index in [1.165, 1.54) is 55.3 Å². The number of halogens is 1. The zero-order chi connectivity index (χ0) is 25.8. The summed E-state index contributed by atoms with van der Waals surface area (Å²) >= 11 is 6.32. The van der Waals surface area contributed by atoms with Gasteiger partial charge in [-0.25, -0.2) is 9.59 Å². The molecule has 188 valence electrons. The molecule has 0 spiro atoms. The summed E-state index contributed by atoms with van der Waals surface area (Å²) < 4.78 is 12.6. The molecule has 6 nitrogen and oxygen atoms in total. The summed E-state index contributed by atoms with van der Waals surface area (Å²) in [7, 11) is 1.77. The highest BCUT2D eigenvalue weighted by atomic mass is 79.9. The minimum atomic E-state index is -1.04. The molecule has 0 saturated heterocycles. The second-order valence-corrected chi connectivity index (χ2v) is 11.8. The van der Waals surface area contributed by atoms with Crippen LogP contribution in [0.1, 0.15) is 56.5 Å². The molecule has 0 atom stereocenters. The molecule has 2 saturated carbocycles. The minimum Gasteiger partial charge on any atom is -0.465 e.